The summed E-state index contributed by atoms with van der Waals surface area (Å²) in [6.45, 7) is 1.57. The molecule has 1 aromatic rings. The maximum Gasteiger partial charge on any atom is 0.321 e. The van der Waals surface area contributed by atoms with E-state index in [1.165, 1.54) is 12.1 Å². The van der Waals surface area contributed by atoms with Crippen LogP contribution in [0.15, 0.2) is 24.3 Å². The number of imide groups is 1. The zero-order valence-corrected chi connectivity index (χ0v) is 13.6. The summed E-state index contributed by atoms with van der Waals surface area (Å²) in [5.41, 5.74) is -0.157. The van der Waals surface area contributed by atoms with Crippen LogP contribution < -0.4 is 10.6 Å². The summed E-state index contributed by atoms with van der Waals surface area (Å²) in [5, 5.41) is 4.48. The maximum absolute atomic E-state index is 13.1. The molecule has 1 aliphatic rings. The van der Waals surface area contributed by atoms with E-state index in [4.69, 9.17) is 4.74 Å². The summed E-state index contributed by atoms with van der Waals surface area (Å²) in [4.78, 5) is 35.5. The normalized spacial score (nSPS) is 15.6. The molecule has 0 radical (unpaired) electrons. The molecule has 2 rings (SSSR count). The molecule has 7 heteroatoms. The van der Waals surface area contributed by atoms with Crippen molar-refractivity contribution in [2.75, 3.05) is 13.2 Å². The number of carbonyl (C=O) groups is 3. The molecule has 0 bridgehead atoms. The molecule has 1 saturated carbocycles. The van der Waals surface area contributed by atoms with E-state index < -0.39 is 29.9 Å². The van der Waals surface area contributed by atoms with Gasteiger partial charge in [0.1, 0.15) is 5.82 Å². The second-order valence-corrected chi connectivity index (χ2v) is 5.78. The predicted molar refractivity (Wildman–Crippen MR) is 84.7 cm³/mol. The second-order valence-electron chi connectivity index (χ2n) is 5.78. The van der Waals surface area contributed by atoms with Crippen LogP contribution in [0.3, 0.4) is 0 Å². The summed E-state index contributed by atoms with van der Waals surface area (Å²) >= 11 is 0. The fraction of sp³-hybridized carbons (Fsp3) is 0.471. The van der Waals surface area contributed by atoms with Gasteiger partial charge in [-0.1, -0.05) is 25.0 Å². The van der Waals surface area contributed by atoms with Crippen LogP contribution in [0, 0.1) is 5.82 Å². The fourth-order valence-electron chi connectivity index (χ4n) is 2.99. The minimum absolute atomic E-state index is 0.374. The Morgan fingerprint density at radius 1 is 1.17 bits per heavy atom. The Morgan fingerprint density at radius 3 is 2.38 bits per heavy atom. The first kappa shape index (κ1) is 17.9. The van der Waals surface area contributed by atoms with E-state index >= 15 is 0 Å². The van der Waals surface area contributed by atoms with Crippen LogP contribution in [0.1, 0.15) is 38.2 Å². The minimum Gasteiger partial charge on any atom is -0.455 e. The van der Waals surface area contributed by atoms with Gasteiger partial charge in [0, 0.05) is 6.54 Å². The second kappa shape index (κ2) is 7.90. The largest absolute Gasteiger partial charge is 0.455 e. The Hall–Kier alpha value is -2.44. The van der Waals surface area contributed by atoms with E-state index in [0.29, 0.717) is 24.9 Å². The predicted octanol–water partition coefficient (Wildman–Crippen LogP) is 2.03. The van der Waals surface area contributed by atoms with Gasteiger partial charge in [0.15, 0.2) is 6.61 Å². The molecule has 0 atom stereocenters. The lowest BCUT2D eigenvalue weighted by Gasteiger charge is -2.27. The van der Waals surface area contributed by atoms with Crippen LogP contribution in [0.25, 0.3) is 0 Å². The highest BCUT2D eigenvalue weighted by molar-refractivity contribution is 5.96. The van der Waals surface area contributed by atoms with E-state index in [2.05, 4.69) is 10.6 Å². The van der Waals surface area contributed by atoms with E-state index in [-0.39, 0.29) is 5.82 Å². The Kier molecular flexibility index (Phi) is 5.89. The van der Waals surface area contributed by atoms with Crippen molar-refractivity contribution in [2.24, 2.45) is 0 Å². The molecule has 1 fully saturated rings. The van der Waals surface area contributed by atoms with Crippen LogP contribution in [-0.2, 0) is 19.7 Å². The zero-order valence-electron chi connectivity index (χ0n) is 13.6. The average Bonchev–Trinajstić information content (AvgIpc) is 3.04. The highest BCUT2D eigenvalue weighted by Crippen LogP contribution is 2.42. The maximum atomic E-state index is 13.1. The Labute approximate surface area is 139 Å². The smallest absolute Gasteiger partial charge is 0.321 e. The molecular weight excluding hydrogens is 315 g/mol. The minimum atomic E-state index is -0.848. The van der Waals surface area contributed by atoms with Crippen LogP contribution in [0.2, 0.25) is 0 Å². The van der Waals surface area contributed by atoms with Crippen LogP contribution in [0.4, 0.5) is 9.18 Å². The fourth-order valence-corrected chi connectivity index (χ4v) is 2.99. The van der Waals surface area contributed by atoms with Crippen molar-refractivity contribution in [1.29, 1.82) is 0 Å². The van der Waals surface area contributed by atoms with Gasteiger partial charge in [-0.25, -0.2) is 9.18 Å². The quantitative estimate of drug-likeness (QED) is 0.806. The van der Waals surface area contributed by atoms with Crippen LogP contribution >= 0.6 is 0 Å². The van der Waals surface area contributed by atoms with Gasteiger partial charge in [0.05, 0.1) is 5.41 Å². The lowest BCUT2D eigenvalue weighted by molar-refractivity contribution is -0.154. The van der Waals surface area contributed by atoms with Crippen molar-refractivity contribution in [2.45, 2.75) is 38.0 Å². The van der Waals surface area contributed by atoms with Crippen molar-refractivity contribution in [3.63, 3.8) is 0 Å². The Bertz CT molecular complexity index is 610. The lowest BCUT2D eigenvalue weighted by Crippen LogP contribution is -2.42. The molecular formula is C17H21FN2O4. The standard InChI is InChI=1S/C17H21FN2O4/c1-2-19-16(23)20-14(21)11-24-15(22)17(9-3-4-10-17)12-5-7-13(18)8-6-12/h5-8H,2-4,9-11H2,1H3,(H2,19,20,21,23). The lowest BCUT2D eigenvalue weighted by atomic mass is 9.79. The number of hydrogen-bond donors (Lipinski definition) is 2. The summed E-state index contributed by atoms with van der Waals surface area (Å²) < 4.78 is 18.3. The van der Waals surface area contributed by atoms with E-state index in [9.17, 15) is 18.8 Å². The molecule has 0 spiro atoms. The molecule has 0 aliphatic heterocycles. The van der Waals surface area contributed by atoms with Crippen molar-refractivity contribution >= 4 is 17.9 Å². The molecule has 0 heterocycles. The van der Waals surface area contributed by atoms with Gasteiger partial charge < -0.3 is 10.1 Å². The molecule has 6 nitrogen and oxygen atoms in total. The van der Waals surface area contributed by atoms with Crippen molar-refractivity contribution in [1.82, 2.24) is 10.6 Å². The molecule has 130 valence electrons. The third-order valence-electron chi connectivity index (χ3n) is 4.17. The monoisotopic (exact) mass is 336 g/mol. The molecule has 3 amide bonds. The van der Waals surface area contributed by atoms with Gasteiger partial charge in [-0.15, -0.1) is 0 Å². The molecule has 24 heavy (non-hydrogen) atoms. The van der Waals surface area contributed by atoms with E-state index in [0.717, 1.165) is 12.8 Å². The molecule has 1 aromatic carbocycles. The first-order valence-electron chi connectivity index (χ1n) is 7.99. The summed E-state index contributed by atoms with van der Waals surface area (Å²) in [6.07, 6.45) is 2.90. The summed E-state index contributed by atoms with van der Waals surface area (Å²) in [5.74, 6) is -1.58. The van der Waals surface area contributed by atoms with Gasteiger partial charge in [0.25, 0.3) is 5.91 Å². The Morgan fingerprint density at radius 2 is 1.79 bits per heavy atom. The van der Waals surface area contributed by atoms with Crippen molar-refractivity contribution in [3.05, 3.63) is 35.6 Å². The number of nitrogens with one attached hydrogen (secondary N) is 2. The Balaban J connectivity index is 2.01. The van der Waals surface area contributed by atoms with Gasteiger partial charge in [-0.05, 0) is 37.5 Å². The number of benzene rings is 1. The third kappa shape index (κ3) is 4.10. The third-order valence-corrected chi connectivity index (χ3v) is 4.17. The number of ether oxygens (including phenoxy) is 1. The van der Waals surface area contributed by atoms with E-state index in [1.807, 2.05) is 0 Å². The highest BCUT2D eigenvalue weighted by atomic mass is 19.1. The number of carbonyl (C=O) groups excluding carboxylic acids is 3. The summed E-state index contributed by atoms with van der Waals surface area (Å²) in [7, 11) is 0. The number of urea groups is 1. The summed E-state index contributed by atoms with van der Waals surface area (Å²) in [6, 6.07) is 5.15. The molecule has 0 aromatic heterocycles. The number of esters is 1. The highest BCUT2D eigenvalue weighted by Gasteiger charge is 2.44. The molecule has 0 saturated heterocycles. The van der Waals surface area contributed by atoms with Gasteiger partial charge in [-0.2, -0.15) is 0 Å². The van der Waals surface area contributed by atoms with E-state index in [1.54, 1.807) is 19.1 Å². The van der Waals surface area contributed by atoms with Crippen LogP contribution in [0.5, 0.6) is 0 Å². The zero-order chi connectivity index (χ0) is 17.6. The first-order valence-corrected chi connectivity index (χ1v) is 7.99. The number of amides is 3. The number of rotatable bonds is 5. The van der Waals surface area contributed by atoms with Crippen molar-refractivity contribution in [3.8, 4) is 0 Å². The van der Waals surface area contributed by atoms with Crippen molar-refractivity contribution < 1.29 is 23.5 Å². The molecule has 1 aliphatic carbocycles. The van der Waals surface area contributed by atoms with Gasteiger partial charge >= 0.3 is 12.0 Å². The van der Waals surface area contributed by atoms with Gasteiger partial charge in [-0.3, -0.25) is 14.9 Å². The molecule has 2 N–H and O–H groups in total. The number of hydrogen-bond acceptors (Lipinski definition) is 4. The average molecular weight is 336 g/mol. The SMILES string of the molecule is CCNC(=O)NC(=O)COC(=O)C1(c2ccc(F)cc2)CCCC1. The first-order chi connectivity index (χ1) is 11.5. The molecule has 0 unspecified atom stereocenters. The van der Waals surface area contributed by atoms with Crippen LogP contribution in [-0.4, -0.2) is 31.1 Å². The van der Waals surface area contributed by atoms with Gasteiger partial charge in [0.2, 0.25) is 0 Å². The number of halogens is 1. The topological polar surface area (TPSA) is 84.5 Å².